The molecule has 184 valence electrons. The zero-order valence-electron chi connectivity index (χ0n) is 19.9. The van der Waals surface area contributed by atoms with E-state index in [1.165, 1.54) is 0 Å². The molecule has 2 heterocycles. The van der Waals surface area contributed by atoms with E-state index in [1.807, 2.05) is 23.1 Å². The lowest BCUT2D eigenvalue weighted by Gasteiger charge is -2.33. The van der Waals surface area contributed by atoms with Gasteiger partial charge in [-0.3, -0.25) is 4.79 Å². The Balaban J connectivity index is 1.67. The van der Waals surface area contributed by atoms with Crippen molar-refractivity contribution in [1.29, 1.82) is 0 Å². The van der Waals surface area contributed by atoms with E-state index in [0.717, 1.165) is 42.7 Å². The summed E-state index contributed by atoms with van der Waals surface area (Å²) in [5.41, 5.74) is 8.14. The topological polar surface area (TPSA) is 120 Å². The van der Waals surface area contributed by atoms with E-state index >= 15 is 0 Å². The van der Waals surface area contributed by atoms with Crippen LogP contribution in [0.1, 0.15) is 51.3 Å². The predicted molar refractivity (Wildman–Crippen MR) is 129 cm³/mol. The monoisotopic (exact) mass is 479 g/mol. The number of fused-ring (bicyclic) bond motifs is 1. The van der Waals surface area contributed by atoms with Crippen molar-refractivity contribution >= 4 is 27.0 Å². The number of benzene rings is 1. The normalized spacial score (nSPS) is 18.2. The Hall–Kier alpha value is -2.01. The number of sulfonamides is 1. The van der Waals surface area contributed by atoms with Gasteiger partial charge in [0.15, 0.2) is 0 Å². The molecule has 1 aliphatic heterocycles. The zero-order chi connectivity index (χ0) is 24.0. The van der Waals surface area contributed by atoms with Gasteiger partial charge in [-0.25, -0.2) is 18.1 Å². The molecule has 3 rings (SSSR count). The van der Waals surface area contributed by atoms with Crippen LogP contribution in [-0.2, 0) is 26.1 Å². The van der Waals surface area contributed by atoms with Crippen LogP contribution in [-0.4, -0.2) is 73.4 Å². The van der Waals surface area contributed by atoms with Crippen molar-refractivity contribution in [1.82, 2.24) is 19.2 Å². The second-order valence-electron chi connectivity index (χ2n) is 9.04. The minimum atomic E-state index is -3.40. The van der Waals surface area contributed by atoms with Crippen LogP contribution in [0.4, 0.5) is 0 Å². The fourth-order valence-electron chi connectivity index (χ4n) is 4.24. The molecule has 0 saturated carbocycles. The number of carbonyl (C=O) groups excluding carboxylic acids is 1. The van der Waals surface area contributed by atoms with Gasteiger partial charge in [-0.1, -0.05) is 12.1 Å². The number of amides is 1. The Labute approximate surface area is 196 Å². The van der Waals surface area contributed by atoms with Crippen molar-refractivity contribution in [3.8, 4) is 0 Å². The van der Waals surface area contributed by atoms with Gasteiger partial charge in [0.1, 0.15) is 5.82 Å². The number of aromatic nitrogens is 2. The first-order chi connectivity index (χ1) is 15.7. The molecule has 0 spiro atoms. The predicted octanol–water partition coefficient (Wildman–Crippen LogP) is 1.82. The quantitative estimate of drug-likeness (QED) is 0.475. The summed E-state index contributed by atoms with van der Waals surface area (Å²) < 4.78 is 33.9. The molecule has 3 N–H and O–H groups in total. The summed E-state index contributed by atoms with van der Waals surface area (Å²) in [7, 11) is -1.70. The van der Waals surface area contributed by atoms with Gasteiger partial charge in [-0.15, -0.1) is 0 Å². The molecule has 1 aromatic carbocycles. The molecule has 0 aliphatic carbocycles. The summed E-state index contributed by atoms with van der Waals surface area (Å²) in [4.78, 5) is 19.7. The fourth-order valence-corrected chi connectivity index (χ4v) is 5.02. The number of ether oxygens (including phenoxy) is 1. The smallest absolute Gasteiger partial charge is 0.224 e. The van der Waals surface area contributed by atoms with Gasteiger partial charge >= 0.3 is 0 Å². The molecule has 2 atom stereocenters. The van der Waals surface area contributed by atoms with Gasteiger partial charge in [-0.05, 0) is 45.2 Å². The van der Waals surface area contributed by atoms with Crippen LogP contribution in [0, 0.1) is 0 Å². The number of carbonyl (C=O) groups is 1. The van der Waals surface area contributed by atoms with Crippen molar-refractivity contribution in [2.24, 2.45) is 5.73 Å². The molecular weight excluding hydrogens is 442 g/mol. The number of hydrogen-bond donors (Lipinski definition) is 2. The molecule has 0 radical (unpaired) electrons. The van der Waals surface area contributed by atoms with E-state index in [1.54, 1.807) is 21.0 Å². The van der Waals surface area contributed by atoms with Crippen LogP contribution in [0.25, 0.3) is 11.0 Å². The third-order valence-electron chi connectivity index (χ3n) is 6.16. The summed E-state index contributed by atoms with van der Waals surface area (Å²) in [5, 5.41) is -0.536. The Kier molecular flexibility index (Phi) is 8.86. The van der Waals surface area contributed by atoms with Crippen LogP contribution < -0.4 is 10.5 Å². The average Bonchev–Trinajstić information content (AvgIpc) is 3.16. The Morgan fingerprint density at radius 2 is 2.09 bits per heavy atom. The number of likely N-dealkylation sites (tertiary alicyclic amines) is 1. The van der Waals surface area contributed by atoms with E-state index in [9.17, 15) is 13.2 Å². The first kappa shape index (κ1) is 25.6. The molecule has 1 fully saturated rings. The molecule has 9 nitrogen and oxygen atoms in total. The molecule has 1 aromatic heterocycles. The molecular formula is C23H37N5O4S. The van der Waals surface area contributed by atoms with Crippen molar-refractivity contribution in [3.63, 3.8) is 0 Å². The van der Waals surface area contributed by atoms with Crippen LogP contribution in [0.2, 0.25) is 0 Å². The van der Waals surface area contributed by atoms with Gasteiger partial charge in [0.2, 0.25) is 15.9 Å². The van der Waals surface area contributed by atoms with Crippen LogP contribution in [0.3, 0.4) is 0 Å². The zero-order valence-corrected chi connectivity index (χ0v) is 20.7. The lowest BCUT2D eigenvalue weighted by molar-refractivity contribution is -0.132. The van der Waals surface area contributed by atoms with E-state index < -0.39 is 21.3 Å². The number of imidazole rings is 1. The van der Waals surface area contributed by atoms with Gasteiger partial charge in [-0.2, -0.15) is 0 Å². The second-order valence-corrected chi connectivity index (χ2v) is 11.4. The lowest BCUT2D eigenvalue weighted by atomic mass is 9.96. The number of para-hydroxylation sites is 2. The summed E-state index contributed by atoms with van der Waals surface area (Å²) in [6.45, 7) is 6.04. The van der Waals surface area contributed by atoms with Crippen LogP contribution in [0.5, 0.6) is 0 Å². The Morgan fingerprint density at radius 3 is 2.82 bits per heavy atom. The maximum absolute atomic E-state index is 12.9. The van der Waals surface area contributed by atoms with E-state index in [0.29, 0.717) is 19.7 Å². The van der Waals surface area contributed by atoms with E-state index in [4.69, 9.17) is 15.5 Å². The van der Waals surface area contributed by atoms with Gasteiger partial charge in [0, 0.05) is 58.3 Å². The van der Waals surface area contributed by atoms with Crippen LogP contribution >= 0.6 is 0 Å². The highest BCUT2D eigenvalue weighted by Crippen LogP contribution is 2.30. The first-order valence-corrected chi connectivity index (χ1v) is 13.2. The highest BCUT2D eigenvalue weighted by Gasteiger charge is 2.29. The standard InChI is InChI=1S/C23H37N5O4S/c1-17(2)33(30,31)25-15-19(24)14-22(29)27-11-6-8-18(16-27)23-26-20-9-4-5-10-21(20)28(23)12-7-13-32-3/h4-5,9-10,17-19,25H,6-8,11-16,24H2,1-3H3. The summed E-state index contributed by atoms with van der Waals surface area (Å²) in [5.74, 6) is 1.12. The maximum Gasteiger partial charge on any atom is 0.224 e. The molecule has 2 aromatic rings. The molecule has 0 bridgehead atoms. The fraction of sp³-hybridized carbons (Fsp3) is 0.652. The number of nitrogens with one attached hydrogen (secondary N) is 1. The Morgan fingerprint density at radius 1 is 1.33 bits per heavy atom. The summed E-state index contributed by atoms with van der Waals surface area (Å²) in [6.07, 6.45) is 2.86. The number of aryl methyl sites for hydroxylation is 1. The molecule has 2 unspecified atom stereocenters. The molecule has 33 heavy (non-hydrogen) atoms. The van der Waals surface area contributed by atoms with E-state index in [2.05, 4.69) is 15.4 Å². The van der Waals surface area contributed by atoms with Crippen molar-refractivity contribution in [2.75, 3.05) is 33.4 Å². The minimum Gasteiger partial charge on any atom is -0.385 e. The molecule has 1 aliphatic rings. The number of nitrogens with zero attached hydrogens (tertiary/aromatic N) is 3. The summed E-state index contributed by atoms with van der Waals surface area (Å²) >= 11 is 0. The van der Waals surface area contributed by atoms with E-state index in [-0.39, 0.29) is 24.8 Å². The minimum absolute atomic E-state index is 0.0435. The van der Waals surface area contributed by atoms with Gasteiger partial charge < -0.3 is 19.9 Å². The average molecular weight is 480 g/mol. The number of hydrogen-bond acceptors (Lipinski definition) is 6. The number of rotatable bonds is 11. The van der Waals surface area contributed by atoms with Gasteiger partial charge in [0.05, 0.1) is 16.3 Å². The summed E-state index contributed by atoms with van der Waals surface area (Å²) in [6, 6.07) is 7.55. The highest BCUT2D eigenvalue weighted by atomic mass is 32.2. The van der Waals surface area contributed by atoms with Gasteiger partial charge in [0.25, 0.3) is 0 Å². The maximum atomic E-state index is 12.9. The SMILES string of the molecule is COCCCn1c(C2CCCN(C(=O)CC(N)CNS(=O)(=O)C(C)C)C2)nc2ccccc21. The third kappa shape index (κ3) is 6.53. The molecule has 1 amide bonds. The molecule has 1 saturated heterocycles. The third-order valence-corrected chi connectivity index (χ3v) is 7.97. The number of piperidine rings is 1. The largest absolute Gasteiger partial charge is 0.385 e. The van der Waals surface area contributed by atoms with Crippen molar-refractivity contribution < 1.29 is 17.9 Å². The first-order valence-electron chi connectivity index (χ1n) is 11.7. The Bertz CT molecular complexity index is 1040. The second kappa shape index (κ2) is 11.4. The van der Waals surface area contributed by atoms with Crippen molar-refractivity contribution in [2.45, 2.75) is 63.3 Å². The lowest BCUT2D eigenvalue weighted by Crippen LogP contribution is -2.45. The van der Waals surface area contributed by atoms with Crippen LogP contribution in [0.15, 0.2) is 24.3 Å². The van der Waals surface area contributed by atoms with Crippen molar-refractivity contribution in [3.05, 3.63) is 30.1 Å². The number of nitrogens with two attached hydrogens (primary N) is 1. The number of methoxy groups -OCH3 is 1. The molecule has 10 heteroatoms. The highest BCUT2D eigenvalue weighted by molar-refractivity contribution is 7.90.